The number of amides is 2. The van der Waals surface area contributed by atoms with Gasteiger partial charge in [-0.2, -0.15) is 0 Å². The molecule has 8 heteroatoms. The molecule has 0 unspecified atom stereocenters. The number of urea groups is 1. The maximum atomic E-state index is 12.1. The summed E-state index contributed by atoms with van der Waals surface area (Å²) in [6.45, 7) is 2.04. The number of hydrogen-bond acceptors (Lipinski definition) is 4. The number of hydrogen-bond donors (Lipinski definition) is 4. The van der Waals surface area contributed by atoms with Crippen molar-refractivity contribution in [3.63, 3.8) is 0 Å². The van der Waals surface area contributed by atoms with E-state index in [0.717, 1.165) is 5.06 Å². The smallest absolute Gasteiger partial charge is 0.323 e. The summed E-state index contributed by atoms with van der Waals surface area (Å²) in [6, 6.07) is 9.41. The molecule has 0 spiro atoms. The van der Waals surface area contributed by atoms with Gasteiger partial charge in [-0.05, 0) is 53.2 Å². The molecule has 0 atom stereocenters. The van der Waals surface area contributed by atoms with Gasteiger partial charge in [0.1, 0.15) is 0 Å². The SMILES string of the molecule is CCN(O)c1ccc(NC(=O)Nc2cc(Cl)ccc2CO)cc1Br. The lowest BCUT2D eigenvalue weighted by Gasteiger charge is -2.17. The molecular formula is C16H17BrClN3O3. The summed E-state index contributed by atoms with van der Waals surface area (Å²) in [7, 11) is 0. The zero-order chi connectivity index (χ0) is 17.7. The van der Waals surface area contributed by atoms with Crippen LogP contribution in [0.25, 0.3) is 0 Å². The number of nitrogens with zero attached hydrogens (tertiary/aromatic N) is 1. The molecule has 0 fully saturated rings. The van der Waals surface area contributed by atoms with Crippen LogP contribution in [0.4, 0.5) is 21.9 Å². The summed E-state index contributed by atoms with van der Waals surface area (Å²) in [5, 5.41) is 25.9. The van der Waals surface area contributed by atoms with E-state index in [1.807, 2.05) is 6.92 Å². The molecular weight excluding hydrogens is 398 g/mol. The molecule has 0 aliphatic carbocycles. The van der Waals surface area contributed by atoms with Crippen molar-refractivity contribution < 1.29 is 15.1 Å². The van der Waals surface area contributed by atoms with Gasteiger partial charge in [0.05, 0.1) is 12.3 Å². The zero-order valence-electron chi connectivity index (χ0n) is 12.9. The Morgan fingerprint density at radius 3 is 2.62 bits per heavy atom. The fraction of sp³-hybridized carbons (Fsp3) is 0.188. The van der Waals surface area contributed by atoms with E-state index in [1.54, 1.807) is 36.4 Å². The Hall–Kier alpha value is -1.80. The van der Waals surface area contributed by atoms with Crippen molar-refractivity contribution in [3.05, 3.63) is 51.5 Å². The van der Waals surface area contributed by atoms with Crippen molar-refractivity contribution in [2.45, 2.75) is 13.5 Å². The van der Waals surface area contributed by atoms with E-state index in [9.17, 15) is 15.1 Å². The lowest BCUT2D eigenvalue weighted by Crippen LogP contribution is -2.21. The minimum absolute atomic E-state index is 0.212. The number of halogens is 2. The average molecular weight is 415 g/mol. The number of carbonyl (C=O) groups is 1. The fourth-order valence-corrected chi connectivity index (χ4v) is 2.81. The molecule has 0 radical (unpaired) electrons. The van der Waals surface area contributed by atoms with Gasteiger partial charge in [-0.15, -0.1) is 0 Å². The highest BCUT2D eigenvalue weighted by molar-refractivity contribution is 9.10. The van der Waals surface area contributed by atoms with Crippen LogP contribution >= 0.6 is 27.5 Å². The van der Waals surface area contributed by atoms with Gasteiger partial charge in [0, 0.05) is 33.0 Å². The van der Waals surface area contributed by atoms with Crippen LogP contribution in [0.2, 0.25) is 5.02 Å². The summed E-state index contributed by atoms with van der Waals surface area (Å²) in [4.78, 5) is 12.1. The third kappa shape index (κ3) is 4.61. The summed E-state index contributed by atoms with van der Waals surface area (Å²) in [5.74, 6) is 0. The summed E-state index contributed by atoms with van der Waals surface area (Å²) in [6.07, 6.45) is 0. The van der Waals surface area contributed by atoms with E-state index < -0.39 is 6.03 Å². The second-order valence-electron chi connectivity index (χ2n) is 4.92. The van der Waals surface area contributed by atoms with Gasteiger partial charge in [-0.3, -0.25) is 10.3 Å². The minimum atomic E-state index is -0.469. The van der Waals surface area contributed by atoms with Crippen molar-refractivity contribution in [1.29, 1.82) is 0 Å². The molecule has 0 saturated heterocycles. The lowest BCUT2D eigenvalue weighted by atomic mass is 10.2. The van der Waals surface area contributed by atoms with Gasteiger partial charge in [0.15, 0.2) is 0 Å². The molecule has 6 nitrogen and oxygen atoms in total. The van der Waals surface area contributed by atoms with Gasteiger partial charge < -0.3 is 15.7 Å². The number of anilines is 3. The van der Waals surface area contributed by atoms with Crippen LogP contribution in [-0.2, 0) is 6.61 Å². The monoisotopic (exact) mass is 413 g/mol. The summed E-state index contributed by atoms with van der Waals surface area (Å²) in [5.41, 5.74) is 2.14. The molecule has 2 amide bonds. The second-order valence-corrected chi connectivity index (χ2v) is 6.21. The Kier molecular flexibility index (Phi) is 6.44. The number of nitrogens with one attached hydrogen (secondary N) is 2. The molecule has 2 aromatic rings. The molecule has 0 saturated carbocycles. The third-order valence-corrected chi connectivity index (χ3v) is 4.14. The fourth-order valence-electron chi connectivity index (χ4n) is 2.05. The van der Waals surface area contributed by atoms with Crippen molar-refractivity contribution in [1.82, 2.24) is 0 Å². The van der Waals surface area contributed by atoms with Crippen LogP contribution in [0.1, 0.15) is 12.5 Å². The van der Waals surface area contributed by atoms with Gasteiger partial charge in [-0.1, -0.05) is 17.7 Å². The molecule has 24 heavy (non-hydrogen) atoms. The van der Waals surface area contributed by atoms with Crippen LogP contribution in [0.3, 0.4) is 0 Å². The molecule has 0 bridgehead atoms. The zero-order valence-corrected chi connectivity index (χ0v) is 15.2. The van der Waals surface area contributed by atoms with Crippen LogP contribution in [0, 0.1) is 0 Å². The number of rotatable bonds is 5. The quantitative estimate of drug-likeness (QED) is 0.544. The Balaban J connectivity index is 2.10. The van der Waals surface area contributed by atoms with Gasteiger partial charge in [0.2, 0.25) is 0 Å². The second kappa shape index (κ2) is 8.34. The highest BCUT2D eigenvalue weighted by Gasteiger charge is 2.10. The number of benzene rings is 2. The molecule has 0 aliphatic rings. The first-order valence-electron chi connectivity index (χ1n) is 7.17. The number of aliphatic hydroxyl groups is 1. The minimum Gasteiger partial charge on any atom is -0.392 e. The lowest BCUT2D eigenvalue weighted by molar-refractivity contribution is 0.259. The summed E-state index contributed by atoms with van der Waals surface area (Å²) >= 11 is 9.26. The first-order chi connectivity index (χ1) is 11.4. The van der Waals surface area contributed by atoms with E-state index in [1.165, 1.54) is 0 Å². The van der Waals surface area contributed by atoms with Gasteiger partial charge in [-0.25, -0.2) is 4.79 Å². The van der Waals surface area contributed by atoms with E-state index in [0.29, 0.717) is 38.7 Å². The Bertz CT molecular complexity index is 743. The number of hydroxylamine groups is 1. The average Bonchev–Trinajstić information content (AvgIpc) is 2.54. The van der Waals surface area contributed by atoms with Crippen LogP contribution in [0.5, 0.6) is 0 Å². The van der Waals surface area contributed by atoms with Crippen LogP contribution < -0.4 is 15.7 Å². The standard InChI is InChI=1S/C16H17BrClN3O3/c1-2-21(24)15-6-5-12(8-13(15)17)19-16(23)20-14-7-11(18)4-3-10(14)9-22/h3-8,22,24H,2,9H2,1H3,(H2,19,20,23). The van der Waals surface area contributed by atoms with Gasteiger partial charge >= 0.3 is 6.03 Å². The first-order valence-corrected chi connectivity index (χ1v) is 8.35. The van der Waals surface area contributed by atoms with E-state index in [2.05, 4.69) is 26.6 Å². The number of carbonyl (C=O) groups excluding carboxylic acids is 1. The molecule has 0 heterocycles. The molecule has 4 N–H and O–H groups in total. The Morgan fingerprint density at radius 2 is 2.00 bits per heavy atom. The third-order valence-electron chi connectivity index (χ3n) is 3.27. The van der Waals surface area contributed by atoms with Crippen molar-refractivity contribution in [2.75, 3.05) is 22.2 Å². The maximum absolute atomic E-state index is 12.1. The maximum Gasteiger partial charge on any atom is 0.323 e. The Labute approximate surface area is 153 Å². The first kappa shape index (κ1) is 18.5. The highest BCUT2D eigenvalue weighted by atomic mass is 79.9. The largest absolute Gasteiger partial charge is 0.392 e. The van der Waals surface area contributed by atoms with Crippen molar-refractivity contribution in [2.24, 2.45) is 0 Å². The summed E-state index contributed by atoms with van der Waals surface area (Å²) < 4.78 is 0.642. The van der Waals surface area contributed by atoms with E-state index >= 15 is 0 Å². The van der Waals surface area contributed by atoms with Gasteiger partial charge in [0.25, 0.3) is 0 Å². The molecule has 2 rings (SSSR count). The normalized spacial score (nSPS) is 10.4. The molecule has 0 aliphatic heterocycles. The molecule has 2 aromatic carbocycles. The van der Waals surface area contributed by atoms with Crippen molar-refractivity contribution in [3.8, 4) is 0 Å². The molecule has 128 valence electrons. The van der Waals surface area contributed by atoms with Crippen molar-refractivity contribution >= 4 is 50.6 Å². The molecule has 0 aromatic heterocycles. The highest BCUT2D eigenvalue weighted by Crippen LogP contribution is 2.28. The predicted molar refractivity (Wildman–Crippen MR) is 99.0 cm³/mol. The van der Waals surface area contributed by atoms with E-state index in [-0.39, 0.29) is 6.61 Å². The Morgan fingerprint density at radius 1 is 1.25 bits per heavy atom. The predicted octanol–water partition coefficient (Wildman–Crippen LogP) is 4.45. The topological polar surface area (TPSA) is 84.8 Å². The van der Waals surface area contributed by atoms with Crippen LogP contribution in [-0.4, -0.2) is 22.9 Å². The number of aliphatic hydroxyl groups excluding tert-OH is 1. The van der Waals surface area contributed by atoms with E-state index in [4.69, 9.17) is 11.6 Å². The van der Waals surface area contributed by atoms with Crippen LogP contribution in [0.15, 0.2) is 40.9 Å².